The first-order chi connectivity index (χ1) is 11.8. The molecule has 2 aromatic rings. The molecular formula is C21H23NO2. The van der Waals surface area contributed by atoms with E-state index in [0.717, 1.165) is 31.6 Å². The van der Waals surface area contributed by atoms with Crippen molar-refractivity contribution < 1.29 is 9.53 Å². The van der Waals surface area contributed by atoms with Crippen LogP contribution in [0.25, 0.3) is 0 Å². The number of ether oxygens (including phenoxy) is 1. The fourth-order valence-corrected chi connectivity index (χ4v) is 4.05. The highest BCUT2D eigenvalue weighted by Gasteiger charge is 2.48. The SMILES string of the molecule is COc1ccccc1[C@@H]1C[C@@H]1C(=O)N1CCC[C@@H]1c1ccccc1. The number of likely N-dealkylation sites (tertiary alicyclic amines) is 1. The molecule has 3 nitrogen and oxygen atoms in total. The van der Waals surface area contributed by atoms with E-state index < -0.39 is 0 Å². The summed E-state index contributed by atoms with van der Waals surface area (Å²) in [7, 11) is 1.70. The first kappa shape index (κ1) is 15.3. The van der Waals surface area contributed by atoms with Gasteiger partial charge in [-0.3, -0.25) is 4.79 Å². The third-order valence-corrected chi connectivity index (χ3v) is 5.37. The molecule has 0 unspecified atom stereocenters. The van der Waals surface area contributed by atoms with Gasteiger partial charge >= 0.3 is 0 Å². The zero-order valence-electron chi connectivity index (χ0n) is 14.0. The van der Waals surface area contributed by atoms with Crippen LogP contribution in [-0.4, -0.2) is 24.5 Å². The van der Waals surface area contributed by atoms with E-state index in [1.54, 1.807) is 7.11 Å². The van der Waals surface area contributed by atoms with Gasteiger partial charge in [0.25, 0.3) is 0 Å². The van der Waals surface area contributed by atoms with Gasteiger partial charge in [0.05, 0.1) is 13.2 Å². The Bertz CT molecular complexity index is 728. The van der Waals surface area contributed by atoms with Crippen LogP contribution in [0.3, 0.4) is 0 Å². The van der Waals surface area contributed by atoms with E-state index in [1.165, 1.54) is 11.1 Å². The number of benzene rings is 2. The molecule has 0 radical (unpaired) electrons. The summed E-state index contributed by atoms with van der Waals surface area (Å²) in [6.45, 7) is 0.882. The van der Waals surface area contributed by atoms with Crippen LogP contribution in [0.5, 0.6) is 5.75 Å². The van der Waals surface area contributed by atoms with Gasteiger partial charge in [0.15, 0.2) is 0 Å². The van der Waals surface area contributed by atoms with E-state index >= 15 is 0 Å². The lowest BCUT2D eigenvalue weighted by molar-refractivity contribution is -0.133. The maximum Gasteiger partial charge on any atom is 0.226 e. The molecule has 24 heavy (non-hydrogen) atoms. The average Bonchev–Trinajstić information content (AvgIpc) is 3.29. The van der Waals surface area contributed by atoms with Crippen LogP contribution in [0.15, 0.2) is 54.6 Å². The maximum absolute atomic E-state index is 13.1. The quantitative estimate of drug-likeness (QED) is 0.846. The molecule has 2 aliphatic rings. The van der Waals surface area contributed by atoms with Crippen molar-refractivity contribution in [3.05, 3.63) is 65.7 Å². The lowest BCUT2D eigenvalue weighted by atomic mass is 10.0. The molecule has 3 atom stereocenters. The van der Waals surface area contributed by atoms with Gasteiger partial charge in [-0.05, 0) is 42.4 Å². The van der Waals surface area contributed by atoms with E-state index in [1.807, 2.05) is 24.3 Å². The molecule has 0 N–H and O–H groups in total. The summed E-state index contributed by atoms with van der Waals surface area (Å²) in [5.74, 6) is 1.65. The molecule has 1 amide bonds. The second kappa shape index (κ2) is 6.31. The zero-order valence-corrected chi connectivity index (χ0v) is 14.0. The Morgan fingerprint density at radius 2 is 1.83 bits per heavy atom. The highest BCUT2D eigenvalue weighted by molar-refractivity contribution is 5.84. The van der Waals surface area contributed by atoms with E-state index in [0.29, 0.717) is 11.8 Å². The fourth-order valence-electron chi connectivity index (χ4n) is 4.05. The standard InChI is InChI=1S/C21H23NO2/c1-24-20-12-6-5-10-16(20)17-14-18(17)21(23)22-13-7-11-19(22)15-8-3-2-4-9-15/h2-6,8-10,12,17-19H,7,11,13-14H2,1H3/t17-,18-,19+/m0/s1. The van der Waals surface area contributed by atoms with Crippen molar-refractivity contribution in [1.82, 2.24) is 4.90 Å². The zero-order chi connectivity index (χ0) is 16.5. The lowest BCUT2D eigenvalue weighted by Gasteiger charge is -2.25. The van der Waals surface area contributed by atoms with Crippen molar-refractivity contribution in [2.24, 2.45) is 5.92 Å². The molecule has 2 aromatic carbocycles. The summed E-state index contributed by atoms with van der Waals surface area (Å²) in [5, 5.41) is 0. The fraction of sp³-hybridized carbons (Fsp3) is 0.381. The Morgan fingerprint density at radius 3 is 2.62 bits per heavy atom. The van der Waals surface area contributed by atoms with Crippen molar-refractivity contribution in [2.45, 2.75) is 31.2 Å². The molecule has 3 heteroatoms. The van der Waals surface area contributed by atoms with Crippen LogP contribution >= 0.6 is 0 Å². The second-order valence-corrected chi connectivity index (χ2v) is 6.79. The summed E-state index contributed by atoms with van der Waals surface area (Å²) in [5.41, 5.74) is 2.44. The monoisotopic (exact) mass is 321 g/mol. The van der Waals surface area contributed by atoms with E-state index in [-0.39, 0.29) is 12.0 Å². The summed E-state index contributed by atoms with van der Waals surface area (Å²) in [6.07, 6.45) is 3.11. The summed E-state index contributed by atoms with van der Waals surface area (Å²) < 4.78 is 5.47. The molecule has 1 saturated carbocycles. The summed E-state index contributed by atoms with van der Waals surface area (Å²) >= 11 is 0. The first-order valence-corrected chi connectivity index (χ1v) is 8.78. The van der Waals surface area contributed by atoms with Crippen LogP contribution in [0.4, 0.5) is 0 Å². The Hall–Kier alpha value is -2.29. The predicted molar refractivity (Wildman–Crippen MR) is 94.0 cm³/mol. The van der Waals surface area contributed by atoms with Gasteiger partial charge in [-0.2, -0.15) is 0 Å². The molecular weight excluding hydrogens is 298 g/mol. The van der Waals surface area contributed by atoms with Gasteiger partial charge in [0.1, 0.15) is 5.75 Å². The van der Waals surface area contributed by atoms with Crippen molar-refractivity contribution in [3.63, 3.8) is 0 Å². The number of methoxy groups -OCH3 is 1. The third kappa shape index (κ3) is 2.68. The molecule has 1 aliphatic heterocycles. The van der Waals surface area contributed by atoms with Gasteiger partial charge in [-0.25, -0.2) is 0 Å². The Morgan fingerprint density at radius 1 is 1.08 bits per heavy atom. The number of hydrogen-bond acceptors (Lipinski definition) is 2. The van der Waals surface area contributed by atoms with E-state index in [9.17, 15) is 4.79 Å². The first-order valence-electron chi connectivity index (χ1n) is 8.78. The molecule has 2 fully saturated rings. The number of hydrogen-bond donors (Lipinski definition) is 0. The molecule has 1 heterocycles. The number of carbonyl (C=O) groups is 1. The Kier molecular flexibility index (Phi) is 4.01. The topological polar surface area (TPSA) is 29.5 Å². The highest BCUT2D eigenvalue weighted by Crippen LogP contribution is 2.52. The molecule has 0 spiro atoms. The van der Waals surface area contributed by atoms with E-state index in [2.05, 4.69) is 35.2 Å². The van der Waals surface area contributed by atoms with Crippen molar-refractivity contribution >= 4 is 5.91 Å². The van der Waals surface area contributed by atoms with Gasteiger partial charge in [-0.1, -0.05) is 48.5 Å². The van der Waals surface area contributed by atoms with Crippen LogP contribution < -0.4 is 4.74 Å². The Labute approximate surface area is 143 Å². The molecule has 0 bridgehead atoms. The van der Waals surface area contributed by atoms with Crippen LogP contribution in [0.2, 0.25) is 0 Å². The predicted octanol–water partition coefficient (Wildman–Crippen LogP) is 4.16. The van der Waals surface area contributed by atoms with Crippen LogP contribution in [0, 0.1) is 5.92 Å². The van der Waals surface area contributed by atoms with Crippen LogP contribution in [0.1, 0.15) is 42.3 Å². The summed E-state index contributed by atoms with van der Waals surface area (Å²) in [4.78, 5) is 15.2. The van der Waals surface area contributed by atoms with Crippen molar-refractivity contribution in [3.8, 4) is 5.75 Å². The molecule has 1 aliphatic carbocycles. The number of amides is 1. The van der Waals surface area contributed by atoms with Crippen LogP contribution in [-0.2, 0) is 4.79 Å². The Balaban J connectivity index is 1.51. The minimum absolute atomic E-state index is 0.116. The highest BCUT2D eigenvalue weighted by atomic mass is 16.5. The third-order valence-electron chi connectivity index (χ3n) is 5.37. The number of carbonyl (C=O) groups excluding carboxylic acids is 1. The lowest BCUT2D eigenvalue weighted by Crippen LogP contribution is -2.32. The van der Waals surface area contributed by atoms with Crippen molar-refractivity contribution in [1.29, 1.82) is 0 Å². The molecule has 124 valence electrons. The minimum atomic E-state index is 0.116. The second-order valence-electron chi connectivity index (χ2n) is 6.79. The van der Waals surface area contributed by atoms with Crippen molar-refractivity contribution in [2.75, 3.05) is 13.7 Å². The maximum atomic E-state index is 13.1. The van der Waals surface area contributed by atoms with Gasteiger partial charge in [0, 0.05) is 12.5 Å². The minimum Gasteiger partial charge on any atom is -0.496 e. The molecule has 0 aromatic heterocycles. The largest absolute Gasteiger partial charge is 0.496 e. The van der Waals surface area contributed by atoms with E-state index in [4.69, 9.17) is 4.74 Å². The summed E-state index contributed by atoms with van der Waals surface area (Å²) in [6, 6.07) is 18.8. The van der Waals surface area contributed by atoms with Gasteiger partial charge < -0.3 is 9.64 Å². The average molecular weight is 321 g/mol. The number of rotatable bonds is 4. The smallest absolute Gasteiger partial charge is 0.226 e. The molecule has 4 rings (SSSR count). The number of para-hydroxylation sites is 1. The normalized spacial score (nSPS) is 25.5. The number of nitrogens with zero attached hydrogens (tertiary/aromatic N) is 1. The van der Waals surface area contributed by atoms with Gasteiger partial charge in [0.2, 0.25) is 5.91 Å². The van der Waals surface area contributed by atoms with Gasteiger partial charge in [-0.15, -0.1) is 0 Å². The molecule has 1 saturated heterocycles.